The monoisotopic (exact) mass is 213 g/mol. The van der Waals surface area contributed by atoms with Gasteiger partial charge in [0.05, 0.1) is 11.8 Å². The Morgan fingerprint density at radius 3 is 2.47 bits per heavy atom. The predicted octanol–water partition coefficient (Wildman–Crippen LogP) is 2.22. The fraction of sp³-hybridized carbons (Fsp3) is 0.400. The molecule has 1 rings (SSSR count). The molecular weight excluding hydrogens is 201 g/mol. The molecular formula is C10H12FNO3. The molecule has 0 radical (unpaired) electrons. The second-order valence-corrected chi connectivity index (χ2v) is 4.07. The van der Waals surface area contributed by atoms with Crippen LogP contribution in [0, 0.1) is 5.82 Å². The van der Waals surface area contributed by atoms with Crippen molar-refractivity contribution in [3.8, 4) is 0 Å². The number of carbonyl (C=O) groups is 2. The lowest BCUT2D eigenvalue weighted by Crippen LogP contribution is -2.26. The van der Waals surface area contributed by atoms with Gasteiger partial charge in [-0.15, -0.1) is 0 Å². The minimum atomic E-state index is -0.740. The number of aldehydes is 1. The van der Waals surface area contributed by atoms with E-state index < -0.39 is 17.5 Å². The van der Waals surface area contributed by atoms with Gasteiger partial charge >= 0.3 is 6.09 Å². The topological polar surface area (TPSA) is 48.3 Å². The largest absolute Gasteiger partial charge is 0.443 e. The number of rotatable bonds is 1. The van der Waals surface area contributed by atoms with E-state index in [9.17, 15) is 14.0 Å². The number of nitrogens with zero attached hydrogens (tertiary/aromatic N) is 1. The number of hydrogen-bond donors (Lipinski definition) is 0. The summed E-state index contributed by atoms with van der Waals surface area (Å²) in [6, 6.07) is 0. The lowest BCUT2D eigenvalue weighted by Gasteiger charge is -2.19. The highest BCUT2D eigenvalue weighted by Crippen LogP contribution is 2.11. The van der Waals surface area contributed by atoms with Crippen molar-refractivity contribution >= 4 is 12.4 Å². The molecule has 0 aliphatic rings. The molecule has 1 heterocycles. The van der Waals surface area contributed by atoms with Crippen LogP contribution in [0.15, 0.2) is 12.4 Å². The first-order valence-corrected chi connectivity index (χ1v) is 4.39. The molecule has 0 bridgehead atoms. The van der Waals surface area contributed by atoms with E-state index in [1.54, 1.807) is 20.8 Å². The minimum absolute atomic E-state index is 0.166. The van der Waals surface area contributed by atoms with E-state index in [4.69, 9.17) is 4.74 Å². The van der Waals surface area contributed by atoms with Crippen LogP contribution < -0.4 is 0 Å². The lowest BCUT2D eigenvalue weighted by molar-refractivity contribution is 0.0536. The summed E-state index contributed by atoms with van der Waals surface area (Å²) in [4.78, 5) is 21.7. The van der Waals surface area contributed by atoms with Crippen molar-refractivity contribution in [3.05, 3.63) is 23.8 Å². The van der Waals surface area contributed by atoms with Gasteiger partial charge in [-0.3, -0.25) is 9.36 Å². The van der Waals surface area contributed by atoms with E-state index in [1.807, 2.05) is 0 Å². The van der Waals surface area contributed by atoms with Crippen LogP contribution in [-0.4, -0.2) is 22.5 Å². The maximum absolute atomic E-state index is 12.9. The molecule has 0 aromatic carbocycles. The van der Waals surface area contributed by atoms with Crippen molar-refractivity contribution in [2.45, 2.75) is 26.4 Å². The van der Waals surface area contributed by atoms with Crippen LogP contribution >= 0.6 is 0 Å². The first-order chi connectivity index (χ1) is 6.83. The number of carbonyl (C=O) groups excluding carboxylic acids is 2. The van der Waals surface area contributed by atoms with Gasteiger partial charge in [-0.05, 0) is 20.8 Å². The fourth-order valence-corrected chi connectivity index (χ4v) is 0.952. The van der Waals surface area contributed by atoms with Gasteiger partial charge in [0.15, 0.2) is 12.1 Å². The zero-order valence-electron chi connectivity index (χ0n) is 8.78. The van der Waals surface area contributed by atoms with E-state index in [-0.39, 0.29) is 5.56 Å². The van der Waals surface area contributed by atoms with Crippen LogP contribution in [-0.2, 0) is 4.74 Å². The molecule has 1 aromatic rings. The molecule has 0 amide bonds. The summed E-state index contributed by atoms with van der Waals surface area (Å²) in [5, 5.41) is 0. The second kappa shape index (κ2) is 3.84. The van der Waals surface area contributed by atoms with Gasteiger partial charge in [0.25, 0.3) is 0 Å². The third-order valence-electron chi connectivity index (χ3n) is 1.54. The number of ether oxygens (including phenoxy) is 1. The van der Waals surface area contributed by atoms with Gasteiger partial charge in [0.1, 0.15) is 5.60 Å². The Morgan fingerprint density at radius 2 is 2.07 bits per heavy atom. The SMILES string of the molecule is CC(C)(C)OC(=O)n1cc(F)c(C=O)c1. The number of halogens is 1. The molecule has 0 unspecified atom stereocenters. The molecule has 1 aromatic heterocycles. The van der Waals surface area contributed by atoms with Crippen LogP contribution in [0.5, 0.6) is 0 Å². The Kier molecular flexibility index (Phi) is 2.93. The van der Waals surface area contributed by atoms with E-state index in [1.165, 1.54) is 0 Å². The van der Waals surface area contributed by atoms with Crippen molar-refractivity contribution < 1.29 is 18.7 Å². The normalized spacial score (nSPS) is 11.2. The van der Waals surface area contributed by atoms with Crippen LogP contribution in [0.1, 0.15) is 31.1 Å². The molecule has 0 saturated carbocycles. The molecule has 82 valence electrons. The summed E-state index contributed by atoms with van der Waals surface area (Å²) >= 11 is 0. The summed E-state index contributed by atoms with van der Waals surface area (Å²) < 4.78 is 18.8. The van der Waals surface area contributed by atoms with Crippen LogP contribution in [0.2, 0.25) is 0 Å². The molecule has 0 atom stereocenters. The molecule has 0 N–H and O–H groups in total. The van der Waals surface area contributed by atoms with Gasteiger partial charge in [-0.25, -0.2) is 9.18 Å². The van der Waals surface area contributed by atoms with Crippen LogP contribution in [0.4, 0.5) is 9.18 Å². The molecule has 0 spiro atoms. The third-order valence-corrected chi connectivity index (χ3v) is 1.54. The molecule has 0 saturated heterocycles. The highest BCUT2D eigenvalue weighted by atomic mass is 19.1. The Bertz CT molecular complexity index is 390. The van der Waals surface area contributed by atoms with Crippen molar-refractivity contribution in [1.29, 1.82) is 0 Å². The summed E-state index contributed by atoms with van der Waals surface area (Å²) in [5.41, 5.74) is -0.819. The summed E-state index contributed by atoms with van der Waals surface area (Å²) in [5.74, 6) is -0.740. The van der Waals surface area contributed by atoms with Crippen molar-refractivity contribution in [1.82, 2.24) is 4.57 Å². The third kappa shape index (κ3) is 2.90. The molecule has 0 aliphatic heterocycles. The molecule has 0 fully saturated rings. The van der Waals surface area contributed by atoms with E-state index in [0.717, 1.165) is 17.0 Å². The highest BCUT2D eigenvalue weighted by Gasteiger charge is 2.19. The minimum Gasteiger partial charge on any atom is -0.443 e. The lowest BCUT2D eigenvalue weighted by atomic mass is 10.2. The second-order valence-electron chi connectivity index (χ2n) is 4.07. The van der Waals surface area contributed by atoms with Gasteiger partial charge in [0, 0.05) is 6.20 Å². The Balaban J connectivity index is 2.88. The van der Waals surface area contributed by atoms with E-state index >= 15 is 0 Å². The standard InChI is InChI=1S/C10H12FNO3/c1-10(2,3)15-9(14)12-4-7(6-13)8(11)5-12/h4-6H,1-3H3. The van der Waals surface area contributed by atoms with Gasteiger partial charge < -0.3 is 4.74 Å². The molecule has 15 heavy (non-hydrogen) atoms. The first-order valence-electron chi connectivity index (χ1n) is 4.39. The number of hydrogen-bond acceptors (Lipinski definition) is 3. The van der Waals surface area contributed by atoms with Gasteiger partial charge in [0.2, 0.25) is 0 Å². The van der Waals surface area contributed by atoms with E-state index in [0.29, 0.717) is 6.29 Å². The smallest absolute Gasteiger partial charge is 0.418 e. The quantitative estimate of drug-likeness (QED) is 0.672. The highest BCUT2D eigenvalue weighted by molar-refractivity contribution is 5.78. The summed E-state index contributed by atoms with van der Waals surface area (Å²) in [7, 11) is 0. The average molecular weight is 213 g/mol. The predicted molar refractivity (Wildman–Crippen MR) is 51.4 cm³/mol. The van der Waals surface area contributed by atoms with Crippen LogP contribution in [0.25, 0.3) is 0 Å². The average Bonchev–Trinajstić information content (AvgIpc) is 2.43. The fourth-order valence-electron chi connectivity index (χ4n) is 0.952. The number of aromatic nitrogens is 1. The zero-order valence-corrected chi connectivity index (χ0v) is 8.78. The van der Waals surface area contributed by atoms with Crippen molar-refractivity contribution in [2.75, 3.05) is 0 Å². The zero-order chi connectivity index (χ0) is 11.6. The molecule has 5 heteroatoms. The van der Waals surface area contributed by atoms with Crippen molar-refractivity contribution in [2.24, 2.45) is 0 Å². The molecule has 0 aliphatic carbocycles. The first kappa shape index (κ1) is 11.4. The van der Waals surface area contributed by atoms with Gasteiger partial charge in [-0.1, -0.05) is 0 Å². The summed E-state index contributed by atoms with van der Waals surface area (Å²) in [6.07, 6.45) is 1.64. The molecule has 4 nitrogen and oxygen atoms in total. The van der Waals surface area contributed by atoms with Crippen LogP contribution in [0.3, 0.4) is 0 Å². The van der Waals surface area contributed by atoms with E-state index in [2.05, 4.69) is 0 Å². The Labute approximate surface area is 86.6 Å². The maximum Gasteiger partial charge on any atom is 0.418 e. The van der Waals surface area contributed by atoms with Crippen molar-refractivity contribution in [3.63, 3.8) is 0 Å². The Hall–Kier alpha value is -1.65. The van der Waals surface area contributed by atoms with Gasteiger partial charge in [-0.2, -0.15) is 0 Å². The Morgan fingerprint density at radius 1 is 1.47 bits per heavy atom. The summed E-state index contributed by atoms with van der Waals surface area (Å²) in [6.45, 7) is 5.10. The maximum atomic E-state index is 12.9.